The number of para-hydroxylation sites is 2. The number of aromatic nitrogens is 3. The molecule has 0 saturated heterocycles. The topological polar surface area (TPSA) is 80.1 Å². The predicted molar refractivity (Wildman–Crippen MR) is 143 cm³/mol. The van der Waals surface area contributed by atoms with Crippen LogP contribution in [0.3, 0.4) is 0 Å². The number of rotatable bonds is 9. The lowest BCUT2D eigenvalue weighted by Gasteiger charge is -2.32. The van der Waals surface area contributed by atoms with Crippen LogP contribution in [0.15, 0.2) is 72.8 Å². The minimum absolute atomic E-state index is 0.0452. The van der Waals surface area contributed by atoms with E-state index in [1.165, 1.54) is 0 Å². The van der Waals surface area contributed by atoms with Crippen molar-refractivity contribution >= 4 is 28.5 Å². The molecule has 4 aromatic rings. The number of nitrogens with zero attached hydrogens (tertiary/aromatic N) is 4. The van der Waals surface area contributed by atoms with E-state index >= 15 is 0 Å². The van der Waals surface area contributed by atoms with Gasteiger partial charge in [-0.2, -0.15) is 0 Å². The van der Waals surface area contributed by atoms with Crippen molar-refractivity contribution < 1.29 is 9.59 Å². The highest BCUT2D eigenvalue weighted by Crippen LogP contribution is 2.31. The molecule has 1 N–H and O–H groups in total. The standard InChI is InChI=1S/C29H33N5O2/c1-20(2)17-18-30-29(36)28(23-15-13-21(3)14-16-23)34(25-11-7-5-9-22(25)4)27(35)19-33-26-12-8-6-10-24(26)31-32-33/h5-16,20,28H,17-19H2,1-4H3,(H,30,36)/t28-/m0/s1. The maximum absolute atomic E-state index is 14.0. The van der Waals surface area contributed by atoms with Gasteiger partial charge < -0.3 is 5.32 Å². The molecular formula is C29H33N5O2. The average Bonchev–Trinajstić information content (AvgIpc) is 3.26. The van der Waals surface area contributed by atoms with Gasteiger partial charge in [0.2, 0.25) is 11.8 Å². The van der Waals surface area contributed by atoms with E-state index in [2.05, 4.69) is 29.5 Å². The van der Waals surface area contributed by atoms with Crippen LogP contribution in [0.2, 0.25) is 0 Å². The van der Waals surface area contributed by atoms with Crippen LogP contribution in [0, 0.1) is 19.8 Å². The van der Waals surface area contributed by atoms with E-state index in [1.54, 1.807) is 9.58 Å². The van der Waals surface area contributed by atoms with E-state index in [-0.39, 0.29) is 18.4 Å². The van der Waals surface area contributed by atoms with Gasteiger partial charge in [0.05, 0.1) is 5.52 Å². The minimum Gasteiger partial charge on any atom is -0.354 e. The Hall–Kier alpha value is -4.00. The molecule has 1 atom stereocenters. The monoisotopic (exact) mass is 483 g/mol. The Balaban J connectivity index is 1.77. The highest BCUT2D eigenvalue weighted by molar-refractivity contribution is 6.02. The van der Waals surface area contributed by atoms with E-state index in [9.17, 15) is 9.59 Å². The normalized spacial score (nSPS) is 12.0. The van der Waals surface area contributed by atoms with Gasteiger partial charge in [-0.3, -0.25) is 14.5 Å². The SMILES string of the molecule is Cc1ccc([C@@H](C(=O)NCCC(C)C)N(C(=O)Cn2nnc3ccccc32)c2ccccc2C)cc1. The summed E-state index contributed by atoms with van der Waals surface area (Å²) in [5, 5.41) is 11.5. The van der Waals surface area contributed by atoms with E-state index in [0.29, 0.717) is 23.7 Å². The Morgan fingerprint density at radius 3 is 2.36 bits per heavy atom. The van der Waals surface area contributed by atoms with Gasteiger partial charge in [-0.05, 0) is 55.5 Å². The van der Waals surface area contributed by atoms with Crippen LogP contribution in [-0.4, -0.2) is 33.4 Å². The third-order valence-corrected chi connectivity index (χ3v) is 6.27. The Morgan fingerprint density at radius 1 is 0.944 bits per heavy atom. The number of nitrogens with one attached hydrogen (secondary N) is 1. The molecule has 0 radical (unpaired) electrons. The molecule has 0 saturated carbocycles. The highest BCUT2D eigenvalue weighted by Gasteiger charge is 2.33. The molecule has 0 fully saturated rings. The molecule has 7 heteroatoms. The number of amides is 2. The maximum Gasteiger partial charge on any atom is 0.249 e. The third-order valence-electron chi connectivity index (χ3n) is 6.27. The first-order valence-corrected chi connectivity index (χ1v) is 12.4. The smallest absolute Gasteiger partial charge is 0.249 e. The van der Waals surface area contributed by atoms with Gasteiger partial charge in [-0.15, -0.1) is 5.10 Å². The molecular weight excluding hydrogens is 450 g/mol. The van der Waals surface area contributed by atoms with Gasteiger partial charge in [-0.25, -0.2) is 4.68 Å². The van der Waals surface area contributed by atoms with Gasteiger partial charge in [0.1, 0.15) is 18.1 Å². The van der Waals surface area contributed by atoms with E-state index in [1.807, 2.05) is 86.6 Å². The van der Waals surface area contributed by atoms with E-state index in [4.69, 9.17) is 0 Å². The van der Waals surface area contributed by atoms with Crippen molar-refractivity contribution in [2.24, 2.45) is 5.92 Å². The van der Waals surface area contributed by atoms with Crippen LogP contribution in [0.25, 0.3) is 11.0 Å². The Kier molecular flexibility index (Phi) is 7.78. The van der Waals surface area contributed by atoms with Crippen molar-refractivity contribution in [1.29, 1.82) is 0 Å². The third kappa shape index (κ3) is 5.62. The lowest BCUT2D eigenvalue weighted by molar-refractivity contribution is -0.127. The summed E-state index contributed by atoms with van der Waals surface area (Å²) in [7, 11) is 0. The molecule has 0 aliphatic heterocycles. The predicted octanol–water partition coefficient (Wildman–Crippen LogP) is 4.98. The summed E-state index contributed by atoms with van der Waals surface area (Å²) in [5.74, 6) is 0.00177. The van der Waals surface area contributed by atoms with Gasteiger partial charge in [0.15, 0.2) is 0 Å². The largest absolute Gasteiger partial charge is 0.354 e. The lowest BCUT2D eigenvalue weighted by atomic mass is 10.0. The first kappa shape index (κ1) is 25.1. The number of fused-ring (bicyclic) bond motifs is 1. The number of hydrogen-bond acceptors (Lipinski definition) is 4. The van der Waals surface area contributed by atoms with Crippen LogP contribution in [0.1, 0.15) is 43.0 Å². The number of aryl methyl sites for hydroxylation is 2. The summed E-state index contributed by atoms with van der Waals surface area (Å²) in [6.45, 7) is 8.69. The van der Waals surface area contributed by atoms with Crippen LogP contribution in [0.4, 0.5) is 5.69 Å². The van der Waals surface area contributed by atoms with Crippen LogP contribution in [0.5, 0.6) is 0 Å². The summed E-state index contributed by atoms with van der Waals surface area (Å²) in [4.78, 5) is 29.4. The van der Waals surface area contributed by atoms with E-state index in [0.717, 1.165) is 28.6 Å². The van der Waals surface area contributed by atoms with Crippen molar-refractivity contribution in [2.75, 3.05) is 11.4 Å². The van der Waals surface area contributed by atoms with Crippen LogP contribution in [-0.2, 0) is 16.1 Å². The second-order valence-corrected chi connectivity index (χ2v) is 9.57. The summed E-state index contributed by atoms with van der Waals surface area (Å²) in [5.41, 5.74) is 4.92. The van der Waals surface area contributed by atoms with Crippen molar-refractivity contribution in [1.82, 2.24) is 20.3 Å². The highest BCUT2D eigenvalue weighted by atomic mass is 16.2. The van der Waals surface area contributed by atoms with Crippen LogP contribution < -0.4 is 10.2 Å². The number of hydrogen-bond donors (Lipinski definition) is 1. The van der Waals surface area contributed by atoms with Crippen molar-refractivity contribution in [2.45, 2.75) is 46.7 Å². The minimum atomic E-state index is -0.832. The Bertz CT molecular complexity index is 1340. The van der Waals surface area contributed by atoms with Gasteiger partial charge in [0.25, 0.3) is 0 Å². The zero-order valence-corrected chi connectivity index (χ0v) is 21.3. The van der Waals surface area contributed by atoms with Gasteiger partial charge in [0, 0.05) is 12.2 Å². The molecule has 3 aromatic carbocycles. The molecule has 1 aromatic heterocycles. The van der Waals surface area contributed by atoms with Gasteiger partial charge in [-0.1, -0.05) is 79.2 Å². The fraction of sp³-hybridized carbons (Fsp3) is 0.310. The molecule has 4 rings (SSSR count). The van der Waals surface area contributed by atoms with Crippen molar-refractivity contribution in [3.8, 4) is 0 Å². The lowest BCUT2D eigenvalue weighted by Crippen LogP contribution is -2.46. The maximum atomic E-state index is 14.0. The summed E-state index contributed by atoms with van der Waals surface area (Å²) in [6.07, 6.45) is 0.857. The molecule has 1 heterocycles. The zero-order chi connectivity index (χ0) is 25.7. The molecule has 0 spiro atoms. The second kappa shape index (κ2) is 11.2. The molecule has 0 aliphatic rings. The molecule has 0 bridgehead atoms. The average molecular weight is 484 g/mol. The van der Waals surface area contributed by atoms with E-state index < -0.39 is 6.04 Å². The molecule has 7 nitrogen and oxygen atoms in total. The quantitative estimate of drug-likeness (QED) is 0.364. The fourth-order valence-corrected chi connectivity index (χ4v) is 4.24. The molecule has 2 amide bonds. The molecule has 186 valence electrons. The number of carbonyl (C=O) groups is 2. The Labute approximate surface area is 212 Å². The van der Waals surface area contributed by atoms with Gasteiger partial charge >= 0.3 is 0 Å². The van der Waals surface area contributed by atoms with Crippen molar-refractivity contribution in [3.05, 3.63) is 89.5 Å². The summed E-state index contributed by atoms with van der Waals surface area (Å²) >= 11 is 0. The first-order valence-electron chi connectivity index (χ1n) is 12.4. The molecule has 36 heavy (non-hydrogen) atoms. The first-order chi connectivity index (χ1) is 17.3. The Morgan fingerprint density at radius 2 is 1.64 bits per heavy atom. The number of carbonyl (C=O) groups excluding carboxylic acids is 2. The van der Waals surface area contributed by atoms with Crippen LogP contribution >= 0.6 is 0 Å². The molecule has 0 aliphatic carbocycles. The zero-order valence-electron chi connectivity index (χ0n) is 21.3. The van der Waals surface area contributed by atoms with Crippen molar-refractivity contribution in [3.63, 3.8) is 0 Å². The number of anilines is 1. The summed E-state index contributed by atoms with van der Waals surface area (Å²) in [6, 6.07) is 22.1. The fourth-order valence-electron chi connectivity index (χ4n) is 4.24. The molecule has 0 unspecified atom stereocenters. The second-order valence-electron chi connectivity index (χ2n) is 9.57. The number of benzene rings is 3. The summed E-state index contributed by atoms with van der Waals surface area (Å²) < 4.78 is 1.59.